The highest BCUT2D eigenvalue weighted by molar-refractivity contribution is 5.63. The van der Waals surface area contributed by atoms with Crippen LogP contribution in [0, 0.1) is 5.41 Å². The second-order valence-corrected chi connectivity index (χ2v) is 4.59. The molecule has 0 aromatic rings. The summed E-state index contributed by atoms with van der Waals surface area (Å²) in [6, 6.07) is 0. The van der Waals surface area contributed by atoms with Crippen LogP contribution < -0.4 is 16.0 Å². The van der Waals surface area contributed by atoms with E-state index in [4.69, 9.17) is 45.0 Å². The zero-order valence-electron chi connectivity index (χ0n) is 17.2. The van der Waals surface area contributed by atoms with Crippen molar-refractivity contribution in [2.45, 2.75) is 34.6 Å². The minimum absolute atomic E-state index is 0.675. The molecule has 168 valence electrons. The van der Waals surface area contributed by atoms with E-state index in [1.54, 1.807) is 0 Å². The third-order valence-corrected chi connectivity index (χ3v) is 1.45. The average molecular weight is 412 g/mol. The third-order valence-electron chi connectivity index (χ3n) is 1.45. The van der Waals surface area contributed by atoms with Crippen molar-refractivity contribution in [1.82, 2.24) is 16.0 Å². The number of carboxylic acids is 4. The first-order valence-corrected chi connectivity index (χ1v) is 8.24. The van der Waals surface area contributed by atoms with E-state index in [0.29, 0.717) is 6.54 Å². The van der Waals surface area contributed by atoms with E-state index in [9.17, 15) is 0 Å². The van der Waals surface area contributed by atoms with Crippen LogP contribution in [0.5, 0.6) is 0 Å². The van der Waals surface area contributed by atoms with E-state index in [-0.39, 0.29) is 0 Å². The Hall–Kier alpha value is -2.57. The highest BCUT2D eigenvalue weighted by Crippen LogP contribution is 1.60. The van der Waals surface area contributed by atoms with Crippen LogP contribution in [0.2, 0.25) is 0 Å². The predicted octanol–water partition coefficient (Wildman–Crippen LogP) is -0.212. The van der Waals surface area contributed by atoms with E-state index >= 15 is 0 Å². The van der Waals surface area contributed by atoms with Gasteiger partial charge in [0.15, 0.2) is 0 Å². The van der Waals surface area contributed by atoms with Crippen molar-refractivity contribution in [2.24, 2.45) is 0 Å². The monoisotopic (exact) mass is 412 g/mol. The number of hydrogen-bond acceptors (Lipinski definition) is 8. The predicted molar refractivity (Wildman–Crippen MR) is 106 cm³/mol. The lowest BCUT2D eigenvalue weighted by Crippen LogP contribution is -2.33. The first kappa shape index (κ1) is 36.4. The fourth-order valence-corrected chi connectivity index (χ4v) is 0.830. The van der Waals surface area contributed by atoms with Gasteiger partial charge in [-0.1, -0.05) is 6.92 Å². The Labute approximate surface area is 165 Å². The largest absolute Gasteiger partial charge is 0.481 e. The molecule has 0 aliphatic rings. The molecule has 0 atom stereocenters. The number of carboxylic acid groups (broad SMARTS) is 4. The van der Waals surface area contributed by atoms with Crippen molar-refractivity contribution in [3.63, 3.8) is 0 Å². The van der Waals surface area contributed by atoms with Gasteiger partial charge >= 0.3 is 0 Å². The molecule has 0 radical (unpaired) electrons. The summed E-state index contributed by atoms with van der Waals surface area (Å²) < 4.78 is 0. The van der Waals surface area contributed by atoms with E-state index < -0.39 is 23.9 Å². The summed E-state index contributed by atoms with van der Waals surface area (Å²) in [6.45, 7) is 12.1. The van der Waals surface area contributed by atoms with Crippen LogP contribution in [0.1, 0.15) is 34.6 Å². The Morgan fingerprint density at radius 1 is 0.679 bits per heavy atom. The van der Waals surface area contributed by atoms with Crippen molar-refractivity contribution in [2.75, 3.05) is 39.3 Å². The Morgan fingerprint density at radius 2 is 0.929 bits per heavy atom. The van der Waals surface area contributed by atoms with Gasteiger partial charge in [-0.05, 0) is 6.54 Å². The Bertz CT molecular complexity index is 329. The van der Waals surface area contributed by atoms with Gasteiger partial charge in [-0.25, -0.2) is 0 Å². The standard InChI is InChI=1S/C8H20N4.4C2H4O2/c1-2-10-5-6-12-8-7-11-4-3-9;4*1-2(3)4/h3,9-12H,2,4-8H2,1H3;4*1H3,(H,3,4). The maximum atomic E-state index is 9.00. The summed E-state index contributed by atoms with van der Waals surface area (Å²) >= 11 is 0. The maximum absolute atomic E-state index is 9.00. The number of rotatable bonds is 9. The van der Waals surface area contributed by atoms with Gasteiger partial charge in [0.25, 0.3) is 23.9 Å². The van der Waals surface area contributed by atoms with Crippen LogP contribution in [-0.4, -0.2) is 89.8 Å². The van der Waals surface area contributed by atoms with Gasteiger partial charge in [0.05, 0.1) is 0 Å². The van der Waals surface area contributed by atoms with Crippen molar-refractivity contribution in [3.05, 3.63) is 0 Å². The molecule has 0 heterocycles. The zero-order valence-corrected chi connectivity index (χ0v) is 17.2. The van der Waals surface area contributed by atoms with Crippen LogP contribution in [0.4, 0.5) is 0 Å². The van der Waals surface area contributed by atoms with Crippen LogP contribution in [0.3, 0.4) is 0 Å². The summed E-state index contributed by atoms with van der Waals surface area (Å²) in [5, 5.41) is 46.0. The second kappa shape index (κ2) is 35.5. The number of carbonyl (C=O) groups is 4. The molecular weight excluding hydrogens is 376 g/mol. The number of hydrogen-bond donors (Lipinski definition) is 8. The minimum atomic E-state index is -0.833. The first-order valence-electron chi connectivity index (χ1n) is 8.24. The van der Waals surface area contributed by atoms with Crippen LogP contribution >= 0.6 is 0 Å². The van der Waals surface area contributed by atoms with Crippen molar-refractivity contribution >= 4 is 30.1 Å². The van der Waals surface area contributed by atoms with Gasteiger partial charge < -0.3 is 41.8 Å². The molecule has 0 saturated heterocycles. The highest BCUT2D eigenvalue weighted by Gasteiger charge is 1.85. The molecule has 0 fully saturated rings. The molecule has 0 aromatic heterocycles. The summed E-state index contributed by atoms with van der Waals surface area (Å²) in [5.41, 5.74) is 0. The quantitative estimate of drug-likeness (QED) is 0.183. The molecule has 0 rings (SSSR count). The van der Waals surface area contributed by atoms with E-state index in [1.807, 2.05) is 0 Å². The minimum Gasteiger partial charge on any atom is -0.481 e. The fourth-order valence-electron chi connectivity index (χ4n) is 0.830. The fraction of sp³-hybridized carbons (Fsp3) is 0.688. The highest BCUT2D eigenvalue weighted by atomic mass is 16.4. The van der Waals surface area contributed by atoms with Crippen molar-refractivity contribution in [3.8, 4) is 0 Å². The third kappa shape index (κ3) is 285. The molecule has 0 unspecified atom stereocenters. The van der Waals surface area contributed by atoms with Gasteiger partial charge in [0, 0.05) is 66.6 Å². The SMILES string of the molecule is CC(=O)O.CC(=O)O.CC(=O)O.CC(=O)O.CCNCCNCCNCC=N. The molecule has 8 N–H and O–H groups in total. The molecule has 0 amide bonds. The molecule has 12 heteroatoms. The molecule has 12 nitrogen and oxygen atoms in total. The summed E-state index contributed by atoms with van der Waals surface area (Å²) in [5.74, 6) is -3.33. The topological polar surface area (TPSA) is 209 Å². The maximum Gasteiger partial charge on any atom is 0.300 e. The van der Waals surface area contributed by atoms with E-state index in [2.05, 4.69) is 22.9 Å². The van der Waals surface area contributed by atoms with E-state index in [1.165, 1.54) is 6.21 Å². The number of aliphatic carboxylic acids is 4. The summed E-state index contributed by atoms with van der Waals surface area (Å²) in [4.78, 5) is 36.0. The average Bonchev–Trinajstić information content (AvgIpc) is 2.48. The first-order chi connectivity index (χ1) is 12.8. The van der Waals surface area contributed by atoms with Gasteiger partial charge in [0.2, 0.25) is 0 Å². The van der Waals surface area contributed by atoms with Crippen LogP contribution in [0.15, 0.2) is 0 Å². The smallest absolute Gasteiger partial charge is 0.300 e. The Kier molecular flexibility index (Phi) is 46.1. The lowest BCUT2D eigenvalue weighted by atomic mass is 10.5. The molecule has 0 bridgehead atoms. The molecule has 0 aliphatic carbocycles. The van der Waals surface area contributed by atoms with Crippen molar-refractivity contribution < 1.29 is 39.6 Å². The Morgan fingerprint density at radius 3 is 1.18 bits per heavy atom. The van der Waals surface area contributed by atoms with Gasteiger partial charge in [0.1, 0.15) is 0 Å². The van der Waals surface area contributed by atoms with Gasteiger partial charge in [-0.15, -0.1) is 0 Å². The Balaban J connectivity index is -0.0000000910. The second-order valence-electron chi connectivity index (χ2n) is 4.59. The molecule has 0 aromatic carbocycles. The van der Waals surface area contributed by atoms with Crippen LogP contribution in [-0.2, 0) is 19.2 Å². The molecule has 0 aliphatic heterocycles. The van der Waals surface area contributed by atoms with Gasteiger partial charge in [-0.2, -0.15) is 0 Å². The molecular formula is C16H36N4O8. The summed E-state index contributed by atoms with van der Waals surface area (Å²) in [6.07, 6.45) is 1.37. The normalized spacial score (nSPS) is 7.89. The van der Waals surface area contributed by atoms with E-state index in [0.717, 1.165) is 60.4 Å². The molecule has 0 spiro atoms. The number of nitrogens with one attached hydrogen (secondary N) is 4. The zero-order chi connectivity index (χ0) is 23.4. The summed E-state index contributed by atoms with van der Waals surface area (Å²) in [7, 11) is 0. The number of likely N-dealkylation sites (N-methyl/N-ethyl adjacent to an activating group) is 1. The lowest BCUT2D eigenvalue weighted by Gasteiger charge is -2.04. The van der Waals surface area contributed by atoms with Crippen molar-refractivity contribution in [1.29, 1.82) is 5.41 Å². The van der Waals surface area contributed by atoms with Crippen LogP contribution in [0.25, 0.3) is 0 Å². The lowest BCUT2D eigenvalue weighted by molar-refractivity contribution is -0.135. The van der Waals surface area contributed by atoms with Gasteiger partial charge in [-0.3, -0.25) is 19.2 Å². The molecule has 0 saturated carbocycles. The molecule has 28 heavy (non-hydrogen) atoms.